The largest absolute Gasteiger partial charge is 0.487 e. The number of ether oxygens (including phenoxy) is 2. The molecule has 0 aliphatic carbocycles. The Labute approximate surface area is 251 Å². The van der Waals surface area contributed by atoms with Crippen LogP contribution in [0.15, 0.2) is 51.7 Å². The molecule has 42 heavy (non-hydrogen) atoms. The molecule has 2 heterocycles. The lowest BCUT2D eigenvalue weighted by Gasteiger charge is -2.33. The number of aryl methyl sites for hydroxylation is 1. The number of benzene rings is 2. The van der Waals surface area contributed by atoms with E-state index in [1.807, 2.05) is 44.2 Å². The number of carboxylic acids is 1. The summed E-state index contributed by atoms with van der Waals surface area (Å²) in [6.45, 7) is 3.49. The number of aliphatic carboxylic acids is 1. The van der Waals surface area contributed by atoms with E-state index in [9.17, 15) is 24.3 Å². The average molecular weight is 615 g/mol. The van der Waals surface area contributed by atoms with E-state index >= 15 is 0 Å². The summed E-state index contributed by atoms with van der Waals surface area (Å²) in [7, 11) is 0. The third-order valence-electron chi connectivity index (χ3n) is 6.78. The number of thioether (sulfide) groups is 2. The van der Waals surface area contributed by atoms with Gasteiger partial charge in [-0.3, -0.25) is 9.59 Å². The van der Waals surface area contributed by atoms with Crippen molar-refractivity contribution >= 4 is 52.3 Å². The molecule has 12 heteroatoms. The molecule has 2 amide bonds. The van der Waals surface area contributed by atoms with Gasteiger partial charge in [-0.25, -0.2) is 9.59 Å². The number of fused-ring (bicyclic) bond motifs is 3. The molecule has 2 atom stereocenters. The van der Waals surface area contributed by atoms with Crippen LogP contribution in [0.25, 0.3) is 22.1 Å². The highest BCUT2D eigenvalue weighted by Gasteiger charge is 2.31. The molecule has 0 unspecified atom stereocenters. The van der Waals surface area contributed by atoms with Crippen LogP contribution in [0, 0.1) is 0 Å². The van der Waals surface area contributed by atoms with Crippen LogP contribution in [0.4, 0.5) is 0 Å². The van der Waals surface area contributed by atoms with Gasteiger partial charge in [0.2, 0.25) is 5.91 Å². The summed E-state index contributed by atoms with van der Waals surface area (Å²) >= 11 is 2.62. The van der Waals surface area contributed by atoms with Crippen molar-refractivity contribution in [2.75, 3.05) is 30.6 Å². The second kappa shape index (κ2) is 13.6. The van der Waals surface area contributed by atoms with Gasteiger partial charge in [-0.1, -0.05) is 30.3 Å². The molecule has 1 aromatic heterocycles. The summed E-state index contributed by atoms with van der Waals surface area (Å²) in [4.78, 5) is 50.1. The Morgan fingerprint density at radius 2 is 1.74 bits per heavy atom. The van der Waals surface area contributed by atoms with E-state index in [-0.39, 0.29) is 17.3 Å². The Balaban J connectivity index is 1.65. The van der Waals surface area contributed by atoms with E-state index in [0.29, 0.717) is 28.7 Å². The van der Waals surface area contributed by atoms with Gasteiger partial charge >= 0.3 is 11.6 Å². The van der Waals surface area contributed by atoms with Crippen LogP contribution >= 0.6 is 23.5 Å². The lowest BCUT2D eigenvalue weighted by Crippen LogP contribution is -2.54. The number of nitrogens with one attached hydrogen (secondary N) is 2. The van der Waals surface area contributed by atoms with Crippen molar-refractivity contribution < 1.29 is 33.4 Å². The molecule has 4 rings (SSSR count). The fourth-order valence-electron chi connectivity index (χ4n) is 4.75. The van der Waals surface area contributed by atoms with Gasteiger partial charge in [0.05, 0.1) is 5.39 Å². The van der Waals surface area contributed by atoms with Gasteiger partial charge in [0.1, 0.15) is 34.8 Å². The topological polar surface area (TPSA) is 144 Å². The monoisotopic (exact) mass is 614 g/mol. The zero-order valence-corrected chi connectivity index (χ0v) is 25.5. The number of hydrogen-bond acceptors (Lipinski definition) is 9. The summed E-state index contributed by atoms with van der Waals surface area (Å²) in [6.07, 6.45) is 4.86. The lowest BCUT2D eigenvalue weighted by molar-refractivity contribution is -0.141. The van der Waals surface area contributed by atoms with E-state index < -0.39 is 47.7 Å². The molecule has 3 N–H and O–H groups in total. The maximum absolute atomic E-state index is 13.0. The van der Waals surface area contributed by atoms with Crippen LogP contribution in [0.1, 0.15) is 25.8 Å². The van der Waals surface area contributed by atoms with E-state index in [2.05, 4.69) is 10.6 Å². The molecule has 0 fully saturated rings. The summed E-state index contributed by atoms with van der Waals surface area (Å²) in [5.74, 6) is -1.10. The normalized spacial score (nSPS) is 15.1. The number of amides is 2. The molecule has 10 nitrogen and oxygen atoms in total. The molecule has 3 aromatic rings. The van der Waals surface area contributed by atoms with Gasteiger partial charge < -0.3 is 29.6 Å². The second-order valence-electron chi connectivity index (χ2n) is 10.5. The average Bonchev–Trinajstić information content (AvgIpc) is 2.94. The van der Waals surface area contributed by atoms with Crippen LogP contribution in [-0.2, 0) is 20.8 Å². The third kappa shape index (κ3) is 7.40. The minimum absolute atomic E-state index is 0.189. The zero-order valence-electron chi connectivity index (χ0n) is 23.9. The Bertz CT molecular complexity index is 1520. The minimum atomic E-state index is -1.15. The molecule has 0 saturated carbocycles. The van der Waals surface area contributed by atoms with E-state index in [1.54, 1.807) is 18.6 Å². The Morgan fingerprint density at radius 1 is 1.05 bits per heavy atom. The predicted molar refractivity (Wildman–Crippen MR) is 165 cm³/mol. The quantitative estimate of drug-likeness (QED) is 0.258. The highest BCUT2D eigenvalue weighted by molar-refractivity contribution is 7.98. The second-order valence-corrected chi connectivity index (χ2v) is 12.3. The van der Waals surface area contributed by atoms with Crippen LogP contribution < -0.4 is 25.7 Å². The molecule has 1 aliphatic heterocycles. The molecule has 0 spiro atoms. The van der Waals surface area contributed by atoms with Gasteiger partial charge in [0.15, 0.2) is 6.61 Å². The number of rotatable bonds is 12. The van der Waals surface area contributed by atoms with Crippen LogP contribution in [0.3, 0.4) is 0 Å². The Morgan fingerprint density at radius 3 is 2.40 bits per heavy atom. The number of hydrogen-bond donors (Lipinski definition) is 3. The van der Waals surface area contributed by atoms with Crippen molar-refractivity contribution in [2.24, 2.45) is 0 Å². The molecule has 224 valence electrons. The smallest absolute Gasteiger partial charge is 0.336 e. The molecule has 0 bridgehead atoms. The van der Waals surface area contributed by atoms with Crippen LogP contribution in [0.5, 0.6) is 11.5 Å². The lowest BCUT2D eigenvalue weighted by atomic mass is 9.91. The zero-order chi connectivity index (χ0) is 30.4. The minimum Gasteiger partial charge on any atom is -0.487 e. The van der Waals surface area contributed by atoms with Gasteiger partial charge in [0, 0.05) is 34.8 Å². The molecule has 2 aromatic carbocycles. The fourth-order valence-corrected chi connectivity index (χ4v) is 5.87. The van der Waals surface area contributed by atoms with Crippen molar-refractivity contribution in [3.05, 3.63) is 58.4 Å². The maximum Gasteiger partial charge on any atom is 0.336 e. The molecule has 0 saturated heterocycles. The van der Waals surface area contributed by atoms with Crippen molar-refractivity contribution in [3.63, 3.8) is 0 Å². The highest BCUT2D eigenvalue weighted by atomic mass is 32.2. The summed E-state index contributed by atoms with van der Waals surface area (Å²) in [5, 5.41) is 15.1. The number of carbonyl (C=O) groups is 3. The van der Waals surface area contributed by atoms with E-state index in [0.717, 1.165) is 17.5 Å². The van der Waals surface area contributed by atoms with E-state index in [1.165, 1.54) is 29.6 Å². The standard InChI is InChI=1S/C30H34N2O8S2/c1-30(2)11-10-18-22(40-30)13-23(26-19(12-25(34)39-27(18)26)17-8-6-5-7-9-17)38-14-24(33)31-20(15-41-3)28(35)32-21(16-42-4)29(36)37/h5-9,12-13,20-21H,10-11,14-16H2,1-4H3,(H,31,33)(H,32,35)(H,36,37)/t20-,21+/m1/s1. The van der Waals surface area contributed by atoms with Gasteiger partial charge in [-0.2, -0.15) is 23.5 Å². The first-order valence-electron chi connectivity index (χ1n) is 13.3. The van der Waals surface area contributed by atoms with Crippen molar-refractivity contribution in [1.29, 1.82) is 0 Å². The van der Waals surface area contributed by atoms with Gasteiger partial charge in [-0.15, -0.1) is 0 Å². The number of carboxylic acid groups (broad SMARTS) is 1. The molecule has 1 aliphatic rings. The summed E-state index contributed by atoms with van der Waals surface area (Å²) < 4.78 is 18.0. The third-order valence-corrected chi connectivity index (χ3v) is 8.11. The fraction of sp³-hybridized carbons (Fsp3) is 0.400. The molecular formula is C30H34N2O8S2. The maximum atomic E-state index is 13.0. The number of carbonyl (C=O) groups excluding carboxylic acids is 2. The Hall–Kier alpha value is -3.64. The van der Waals surface area contributed by atoms with E-state index in [4.69, 9.17) is 13.9 Å². The predicted octanol–water partition coefficient (Wildman–Crippen LogP) is 3.72. The van der Waals surface area contributed by atoms with Gasteiger partial charge in [0.25, 0.3) is 5.91 Å². The summed E-state index contributed by atoms with van der Waals surface area (Å²) in [5.41, 5.74) is 1.50. The van der Waals surface area contributed by atoms with Crippen molar-refractivity contribution in [3.8, 4) is 22.6 Å². The first kappa shape index (κ1) is 31.3. The summed E-state index contributed by atoms with van der Waals surface area (Å²) in [6, 6.07) is 10.4. The molecule has 0 radical (unpaired) electrons. The first-order valence-corrected chi connectivity index (χ1v) is 16.1. The highest BCUT2D eigenvalue weighted by Crippen LogP contribution is 2.44. The molecular weight excluding hydrogens is 580 g/mol. The van der Waals surface area contributed by atoms with Crippen LogP contribution in [-0.4, -0.2) is 71.2 Å². The van der Waals surface area contributed by atoms with Crippen molar-refractivity contribution in [2.45, 2.75) is 44.4 Å². The SMILES string of the molecule is CSC[C@H](NC(=O)[C@@H](CSC)NC(=O)COc1cc2c(c3oc(=O)cc(-c4ccccc4)c13)CCC(C)(C)O2)C(=O)O. The first-order chi connectivity index (χ1) is 20.0. The van der Waals surface area contributed by atoms with Crippen molar-refractivity contribution in [1.82, 2.24) is 10.6 Å². The van der Waals surface area contributed by atoms with Crippen LogP contribution in [0.2, 0.25) is 0 Å². The Kier molecular flexibility index (Phi) is 10.1. The van der Waals surface area contributed by atoms with Gasteiger partial charge in [-0.05, 0) is 44.8 Å².